The third kappa shape index (κ3) is 2.95. The molecule has 1 aromatic heterocycles. The van der Waals surface area contributed by atoms with E-state index in [2.05, 4.69) is 33.0 Å². The molecule has 0 fully saturated rings. The minimum Gasteiger partial charge on any atom is -0.384 e. The fourth-order valence-corrected chi connectivity index (χ4v) is 2.27. The van der Waals surface area contributed by atoms with E-state index in [0.29, 0.717) is 12.4 Å². The normalized spacial score (nSPS) is 10.4. The number of hydrogen-bond acceptors (Lipinski definition) is 5. The van der Waals surface area contributed by atoms with Gasteiger partial charge in [-0.05, 0) is 28.7 Å². The zero-order valence-corrected chi connectivity index (χ0v) is 12.3. The molecule has 0 bridgehead atoms. The highest BCUT2D eigenvalue weighted by Crippen LogP contribution is 2.24. The van der Waals surface area contributed by atoms with Crippen molar-refractivity contribution in [3.63, 3.8) is 0 Å². The average Bonchev–Trinajstić information content (AvgIpc) is 2.68. The smallest absolute Gasteiger partial charge is 0.270 e. The topological polar surface area (TPSA) is 99.0 Å². The van der Waals surface area contributed by atoms with Crippen molar-refractivity contribution in [3.8, 4) is 0 Å². The van der Waals surface area contributed by atoms with Crippen LogP contribution in [0.4, 0.5) is 17.2 Å². The van der Waals surface area contributed by atoms with Gasteiger partial charge in [0.25, 0.3) is 5.69 Å². The molecule has 0 saturated heterocycles. The monoisotopic (exact) mass is 373 g/mol. The number of nitro groups is 1. The average molecular weight is 373 g/mol. The second-order valence-electron chi connectivity index (χ2n) is 3.95. The fraction of sp³-hybridized carbons (Fsp3) is 0.182. The zero-order valence-electron chi connectivity index (χ0n) is 10.1. The van der Waals surface area contributed by atoms with Crippen molar-refractivity contribution in [2.24, 2.45) is 7.05 Å². The van der Waals surface area contributed by atoms with Crippen LogP contribution in [0.25, 0.3) is 0 Å². The van der Waals surface area contributed by atoms with Crippen LogP contribution in [0.15, 0.2) is 24.4 Å². The van der Waals surface area contributed by atoms with Gasteiger partial charge in [0.2, 0.25) is 0 Å². The highest BCUT2D eigenvalue weighted by molar-refractivity contribution is 14.1. The lowest BCUT2D eigenvalue weighted by Gasteiger charge is -2.08. The maximum Gasteiger partial charge on any atom is 0.270 e. The Morgan fingerprint density at radius 3 is 2.84 bits per heavy atom. The molecule has 8 heteroatoms. The molecule has 7 nitrogen and oxygen atoms in total. The van der Waals surface area contributed by atoms with Crippen molar-refractivity contribution >= 4 is 39.8 Å². The molecular weight excluding hydrogens is 361 g/mol. The van der Waals surface area contributed by atoms with E-state index in [0.717, 1.165) is 14.8 Å². The predicted octanol–water partition coefficient (Wildman–Crippen LogP) is 2.13. The van der Waals surface area contributed by atoms with Gasteiger partial charge in [-0.2, -0.15) is 5.10 Å². The largest absolute Gasteiger partial charge is 0.384 e. The molecule has 0 amide bonds. The summed E-state index contributed by atoms with van der Waals surface area (Å²) in [5.74, 6) is 0.601. The molecule has 1 heterocycles. The number of aryl methyl sites for hydroxylation is 1. The number of nitrogens with two attached hydrogens (primary N) is 1. The van der Waals surface area contributed by atoms with E-state index in [-0.39, 0.29) is 5.69 Å². The molecule has 19 heavy (non-hydrogen) atoms. The number of non-ortho nitro benzene ring substituents is 1. The maximum absolute atomic E-state index is 10.6. The van der Waals surface area contributed by atoms with Gasteiger partial charge in [0.15, 0.2) is 0 Å². The Labute approximate surface area is 123 Å². The summed E-state index contributed by atoms with van der Waals surface area (Å²) in [6, 6.07) is 4.68. The van der Waals surface area contributed by atoms with E-state index < -0.39 is 4.92 Å². The maximum atomic E-state index is 10.6. The van der Waals surface area contributed by atoms with Gasteiger partial charge in [-0.3, -0.25) is 14.8 Å². The van der Waals surface area contributed by atoms with Gasteiger partial charge in [-0.15, -0.1) is 0 Å². The molecule has 0 atom stereocenters. The molecular formula is C11H12IN5O2. The number of aromatic nitrogens is 2. The lowest BCUT2D eigenvalue weighted by atomic mass is 10.2. The molecule has 3 N–H and O–H groups in total. The lowest BCUT2D eigenvalue weighted by molar-refractivity contribution is -0.384. The minimum absolute atomic E-state index is 0.0795. The number of rotatable bonds is 4. The van der Waals surface area contributed by atoms with Crippen molar-refractivity contribution in [3.05, 3.63) is 43.6 Å². The van der Waals surface area contributed by atoms with Crippen LogP contribution in [0.3, 0.4) is 0 Å². The molecule has 1 aromatic carbocycles. The first-order chi connectivity index (χ1) is 8.99. The van der Waals surface area contributed by atoms with Crippen LogP contribution in [0.5, 0.6) is 0 Å². The second kappa shape index (κ2) is 5.43. The molecule has 0 spiro atoms. The number of benzene rings is 1. The van der Waals surface area contributed by atoms with Gasteiger partial charge in [-0.1, -0.05) is 0 Å². The van der Waals surface area contributed by atoms with Gasteiger partial charge in [-0.25, -0.2) is 0 Å². The van der Waals surface area contributed by atoms with Crippen LogP contribution in [0.1, 0.15) is 5.56 Å². The summed E-state index contributed by atoms with van der Waals surface area (Å²) < 4.78 is 2.38. The van der Waals surface area contributed by atoms with Crippen LogP contribution >= 0.6 is 22.6 Å². The Morgan fingerprint density at radius 1 is 1.58 bits per heavy atom. The van der Waals surface area contributed by atoms with E-state index >= 15 is 0 Å². The molecule has 2 aromatic rings. The number of nitro benzene ring substituents is 1. The third-order valence-electron chi connectivity index (χ3n) is 2.70. The van der Waals surface area contributed by atoms with Crippen molar-refractivity contribution in [1.82, 2.24) is 9.78 Å². The summed E-state index contributed by atoms with van der Waals surface area (Å²) in [5.41, 5.74) is 7.63. The van der Waals surface area contributed by atoms with Crippen molar-refractivity contribution in [2.45, 2.75) is 6.54 Å². The van der Waals surface area contributed by atoms with Crippen LogP contribution in [0, 0.1) is 13.7 Å². The highest BCUT2D eigenvalue weighted by Gasteiger charge is 2.10. The molecule has 0 aliphatic carbocycles. The number of nitrogen functional groups attached to an aromatic ring is 1. The molecule has 100 valence electrons. The van der Waals surface area contributed by atoms with Gasteiger partial charge in [0.05, 0.1) is 11.1 Å². The van der Waals surface area contributed by atoms with Crippen LogP contribution in [-0.4, -0.2) is 14.7 Å². The predicted molar refractivity (Wildman–Crippen MR) is 80.8 cm³/mol. The molecule has 0 saturated carbocycles. The van der Waals surface area contributed by atoms with Crippen molar-refractivity contribution in [2.75, 3.05) is 11.1 Å². The third-order valence-corrected chi connectivity index (χ3v) is 3.59. The van der Waals surface area contributed by atoms with Gasteiger partial charge in [0.1, 0.15) is 5.82 Å². The Balaban J connectivity index is 2.12. The van der Waals surface area contributed by atoms with E-state index in [1.54, 1.807) is 24.0 Å². The number of anilines is 2. The number of nitrogens with zero attached hydrogens (tertiary/aromatic N) is 3. The standard InChI is InChI=1S/C11H12IN5O2/c1-16-11(13)7(6-15-16)5-14-10-3-2-8(17(18)19)4-9(10)12/h2-4,6,14H,5,13H2,1H3. The summed E-state index contributed by atoms with van der Waals surface area (Å²) in [6.45, 7) is 0.521. The SMILES string of the molecule is Cn1ncc(CNc2ccc([N+](=O)[O-])cc2I)c1N. The Bertz CT molecular complexity index is 626. The van der Waals surface area contributed by atoms with E-state index in [1.807, 2.05) is 0 Å². The minimum atomic E-state index is -0.412. The quantitative estimate of drug-likeness (QED) is 0.486. The van der Waals surface area contributed by atoms with Crippen molar-refractivity contribution in [1.29, 1.82) is 0 Å². The van der Waals surface area contributed by atoms with Crippen LogP contribution in [-0.2, 0) is 13.6 Å². The zero-order chi connectivity index (χ0) is 14.0. The molecule has 0 aliphatic rings. The number of hydrogen-bond donors (Lipinski definition) is 2. The second-order valence-corrected chi connectivity index (χ2v) is 5.12. The number of halogens is 1. The summed E-state index contributed by atoms with van der Waals surface area (Å²) in [5, 5.41) is 17.9. The number of nitrogens with one attached hydrogen (secondary N) is 1. The van der Waals surface area contributed by atoms with Gasteiger partial charge >= 0.3 is 0 Å². The first-order valence-corrected chi connectivity index (χ1v) is 6.51. The first kappa shape index (κ1) is 13.6. The summed E-state index contributed by atoms with van der Waals surface area (Å²) in [7, 11) is 1.77. The Hall–Kier alpha value is -1.84. The Morgan fingerprint density at radius 2 is 2.32 bits per heavy atom. The molecule has 0 unspecified atom stereocenters. The van der Waals surface area contributed by atoms with Crippen LogP contribution < -0.4 is 11.1 Å². The van der Waals surface area contributed by atoms with E-state index in [1.165, 1.54) is 12.1 Å². The van der Waals surface area contributed by atoms with E-state index in [4.69, 9.17) is 5.73 Å². The summed E-state index contributed by atoms with van der Waals surface area (Å²) in [6.07, 6.45) is 1.70. The summed E-state index contributed by atoms with van der Waals surface area (Å²) >= 11 is 2.06. The van der Waals surface area contributed by atoms with Gasteiger partial charge < -0.3 is 11.1 Å². The Kier molecular flexibility index (Phi) is 3.88. The highest BCUT2D eigenvalue weighted by atomic mass is 127. The molecule has 2 rings (SSSR count). The molecule has 0 aliphatic heterocycles. The van der Waals surface area contributed by atoms with Crippen molar-refractivity contribution < 1.29 is 4.92 Å². The fourth-order valence-electron chi connectivity index (χ4n) is 1.58. The lowest BCUT2D eigenvalue weighted by Crippen LogP contribution is -2.05. The van der Waals surface area contributed by atoms with Gasteiger partial charge in [0, 0.05) is 40.5 Å². The van der Waals surface area contributed by atoms with E-state index in [9.17, 15) is 10.1 Å². The first-order valence-electron chi connectivity index (χ1n) is 5.43. The van der Waals surface area contributed by atoms with Crippen LogP contribution in [0.2, 0.25) is 0 Å². The summed E-state index contributed by atoms with van der Waals surface area (Å²) in [4.78, 5) is 10.2. The molecule has 0 radical (unpaired) electrons.